The van der Waals surface area contributed by atoms with E-state index in [1.54, 1.807) is 12.4 Å². The number of pyridine rings is 1. The number of imidazole rings is 1. The number of nitrogen functional groups attached to an aromatic ring is 1. The lowest BCUT2D eigenvalue weighted by Crippen LogP contribution is -2.01. The Hall–Kier alpha value is -2.62. The zero-order valence-electron chi connectivity index (χ0n) is 10.4. The van der Waals surface area contributed by atoms with Gasteiger partial charge in [-0.1, -0.05) is 18.2 Å². The van der Waals surface area contributed by atoms with Crippen LogP contribution in [-0.4, -0.2) is 14.5 Å². The summed E-state index contributed by atoms with van der Waals surface area (Å²) in [7, 11) is 0. The maximum Gasteiger partial charge on any atom is 0.140 e. The van der Waals surface area contributed by atoms with Crippen molar-refractivity contribution in [2.75, 3.05) is 5.73 Å². The minimum absolute atomic E-state index is 0.744. The van der Waals surface area contributed by atoms with Crippen molar-refractivity contribution in [2.45, 2.75) is 6.54 Å². The lowest BCUT2D eigenvalue weighted by Gasteiger charge is -2.08. The summed E-state index contributed by atoms with van der Waals surface area (Å²) in [5.41, 5.74) is 8.73. The molecule has 3 rings (SSSR count). The average molecular weight is 250 g/mol. The van der Waals surface area contributed by atoms with Crippen LogP contribution in [0.25, 0.3) is 11.4 Å². The molecular weight excluding hydrogens is 236 g/mol. The molecule has 0 aliphatic rings. The lowest BCUT2D eigenvalue weighted by molar-refractivity contribution is 0.803. The second-order valence-corrected chi connectivity index (χ2v) is 4.37. The fraction of sp³-hybridized carbons (Fsp3) is 0.0667. The molecule has 1 aromatic carbocycles. The van der Waals surface area contributed by atoms with Gasteiger partial charge in [-0.25, -0.2) is 4.98 Å². The molecule has 2 N–H and O–H groups in total. The Balaban J connectivity index is 1.95. The summed E-state index contributed by atoms with van der Waals surface area (Å²) in [5.74, 6) is 0.913. The maximum absolute atomic E-state index is 5.82. The van der Waals surface area contributed by atoms with E-state index < -0.39 is 0 Å². The number of nitrogens with zero attached hydrogens (tertiary/aromatic N) is 3. The van der Waals surface area contributed by atoms with Crippen molar-refractivity contribution in [3.63, 3.8) is 0 Å². The van der Waals surface area contributed by atoms with E-state index in [9.17, 15) is 0 Å². The normalized spacial score (nSPS) is 10.5. The van der Waals surface area contributed by atoms with Gasteiger partial charge in [0, 0.05) is 36.0 Å². The first kappa shape index (κ1) is 11.5. The Morgan fingerprint density at radius 2 is 2.05 bits per heavy atom. The van der Waals surface area contributed by atoms with E-state index in [0.29, 0.717) is 0 Å². The quantitative estimate of drug-likeness (QED) is 0.727. The first-order valence-electron chi connectivity index (χ1n) is 6.09. The van der Waals surface area contributed by atoms with Crippen molar-refractivity contribution < 1.29 is 0 Å². The molecule has 4 nitrogen and oxygen atoms in total. The zero-order valence-corrected chi connectivity index (χ0v) is 10.4. The molecule has 2 aromatic heterocycles. The van der Waals surface area contributed by atoms with Crippen molar-refractivity contribution in [3.05, 3.63) is 66.7 Å². The molecule has 0 saturated carbocycles. The van der Waals surface area contributed by atoms with Crippen LogP contribution in [0, 0.1) is 0 Å². The summed E-state index contributed by atoms with van der Waals surface area (Å²) in [4.78, 5) is 8.54. The summed E-state index contributed by atoms with van der Waals surface area (Å²) in [6.45, 7) is 0.748. The van der Waals surface area contributed by atoms with Gasteiger partial charge in [-0.2, -0.15) is 0 Å². The van der Waals surface area contributed by atoms with E-state index >= 15 is 0 Å². The zero-order chi connectivity index (χ0) is 13.1. The Morgan fingerprint density at radius 1 is 1.11 bits per heavy atom. The van der Waals surface area contributed by atoms with Crippen molar-refractivity contribution in [1.29, 1.82) is 0 Å². The molecule has 2 heterocycles. The number of hydrogen-bond donors (Lipinski definition) is 1. The third-order valence-electron chi connectivity index (χ3n) is 2.94. The lowest BCUT2D eigenvalue weighted by atomic mass is 10.2. The Labute approximate surface area is 111 Å². The van der Waals surface area contributed by atoms with Crippen LogP contribution in [0.15, 0.2) is 61.2 Å². The van der Waals surface area contributed by atoms with E-state index in [-0.39, 0.29) is 0 Å². The Morgan fingerprint density at radius 3 is 2.84 bits per heavy atom. The van der Waals surface area contributed by atoms with Gasteiger partial charge < -0.3 is 10.3 Å². The molecule has 0 atom stereocenters. The van der Waals surface area contributed by atoms with Gasteiger partial charge in [0.05, 0.1) is 6.54 Å². The van der Waals surface area contributed by atoms with Gasteiger partial charge in [-0.3, -0.25) is 4.98 Å². The molecular formula is C15H14N4. The van der Waals surface area contributed by atoms with Crippen LogP contribution in [0.2, 0.25) is 0 Å². The van der Waals surface area contributed by atoms with Crippen LogP contribution >= 0.6 is 0 Å². The smallest absolute Gasteiger partial charge is 0.140 e. The molecule has 3 aromatic rings. The van der Waals surface area contributed by atoms with Gasteiger partial charge in [0.1, 0.15) is 5.82 Å². The largest absolute Gasteiger partial charge is 0.399 e. The topological polar surface area (TPSA) is 56.7 Å². The summed E-state index contributed by atoms with van der Waals surface area (Å²) < 4.78 is 2.09. The second kappa shape index (κ2) is 4.94. The average Bonchev–Trinajstić information content (AvgIpc) is 2.88. The van der Waals surface area contributed by atoms with Crippen LogP contribution in [0.1, 0.15) is 5.56 Å². The number of rotatable bonds is 3. The third-order valence-corrected chi connectivity index (χ3v) is 2.94. The Kier molecular flexibility index (Phi) is 2.98. The van der Waals surface area contributed by atoms with E-state index in [2.05, 4.69) is 20.6 Å². The summed E-state index contributed by atoms with van der Waals surface area (Å²) in [6.07, 6.45) is 7.40. The number of hydrogen-bond acceptors (Lipinski definition) is 3. The number of anilines is 1. The van der Waals surface area contributed by atoms with Gasteiger partial charge in [0.2, 0.25) is 0 Å². The van der Waals surface area contributed by atoms with Crippen molar-refractivity contribution in [1.82, 2.24) is 14.5 Å². The van der Waals surface area contributed by atoms with Gasteiger partial charge in [-0.15, -0.1) is 0 Å². The number of nitrogens with two attached hydrogens (primary N) is 1. The van der Waals surface area contributed by atoms with E-state index in [1.165, 1.54) is 0 Å². The molecule has 0 bridgehead atoms. The van der Waals surface area contributed by atoms with Crippen LogP contribution in [0.4, 0.5) is 5.69 Å². The van der Waals surface area contributed by atoms with E-state index in [4.69, 9.17) is 5.73 Å². The maximum atomic E-state index is 5.82. The summed E-state index contributed by atoms with van der Waals surface area (Å²) in [6, 6.07) is 11.7. The van der Waals surface area contributed by atoms with Crippen LogP contribution in [0.3, 0.4) is 0 Å². The van der Waals surface area contributed by atoms with Gasteiger partial charge in [0.25, 0.3) is 0 Å². The van der Waals surface area contributed by atoms with Crippen LogP contribution in [0.5, 0.6) is 0 Å². The standard InChI is InChI=1S/C15H14N4/c16-14-5-1-4-13(9-14)15-18-7-8-19(15)11-12-3-2-6-17-10-12/h1-10H,11,16H2. The minimum atomic E-state index is 0.744. The van der Waals surface area contributed by atoms with Crippen molar-refractivity contribution in [2.24, 2.45) is 0 Å². The molecule has 0 aliphatic heterocycles. The minimum Gasteiger partial charge on any atom is -0.399 e. The summed E-state index contributed by atoms with van der Waals surface area (Å²) >= 11 is 0. The first-order valence-corrected chi connectivity index (χ1v) is 6.09. The molecule has 19 heavy (non-hydrogen) atoms. The molecule has 0 amide bonds. The fourth-order valence-corrected chi connectivity index (χ4v) is 2.06. The van der Waals surface area contributed by atoms with E-state index in [0.717, 1.165) is 29.2 Å². The van der Waals surface area contributed by atoms with Crippen molar-refractivity contribution in [3.8, 4) is 11.4 Å². The monoisotopic (exact) mass is 250 g/mol. The SMILES string of the molecule is Nc1cccc(-c2nccn2Cc2cccnc2)c1. The van der Waals surface area contributed by atoms with Crippen LogP contribution < -0.4 is 5.73 Å². The predicted molar refractivity (Wildman–Crippen MR) is 75.4 cm³/mol. The second-order valence-electron chi connectivity index (χ2n) is 4.37. The Bertz CT molecular complexity index is 673. The number of benzene rings is 1. The molecule has 4 heteroatoms. The molecule has 0 fully saturated rings. The molecule has 0 saturated heterocycles. The molecule has 0 radical (unpaired) electrons. The van der Waals surface area contributed by atoms with Crippen molar-refractivity contribution >= 4 is 5.69 Å². The van der Waals surface area contributed by atoms with Gasteiger partial charge >= 0.3 is 0 Å². The third kappa shape index (κ3) is 2.47. The highest BCUT2D eigenvalue weighted by atomic mass is 15.1. The van der Waals surface area contributed by atoms with E-state index in [1.807, 2.05) is 42.7 Å². The highest BCUT2D eigenvalue weighted by molar-refractivity contribution is 5.61. The van der Waals surface area contributed by atoms with Gasteiger partial charge in [-0.05, 0) is 23.8 Å². The predicted octanol–water partition coefficient (Wildman–Crippen LogP) is 2.58. The van der Waals surface area contributed by atoms with Crippen LogP contribution in [-0.2, 0) is 6.54 Å². The summed E-state index contributed by atoms with van der Waals surface area (Å²) in [5, 5.41) is 0. The number of aromatic nitrogens is 3. The highest BCUT2D eigenvalue weighted by Crippen LogP contribution is 2.20. The molecule has 0 aliphatic carbocycles. The molecule has 94 valence electrons. The molecule has 0 unspecified atom stereocenters. The van der Waals surface area contributed by atoms with Gasteiger partial charge in [0.15, 0.2) is 0 Å². The first-order chi connectivity index (χ1) is 9.33. The molecule has 0 spiro atoms. The fourth-order valence-electron chi connectivity index (χ4n) is 2.06. The highest BCUT2D eigenvalue weighted by Gasteiger charge is 2.06.